The molecule has 2 unspecified atom stereocenters. The molecule has 8 aliphatic heterocycles. The lowest BCUT2D eigenvalue weighted by Gasteiger charge is -2.47. The van der Waals surface area contributed by atoms with Crippen LogP contribution in [0.5, 0.6) is 0 Å². The maximum atomic E-state index is 14.3. The largest absolute Gasteiger partial charge is 0.391 e. The van der Waals surface area contributed by atoms with Crippen molar-refractivity contribution < 1.29 is 72.3 Å². The molecule has 8 saturated heterocycles. The number of hydrogen-bond acceptors (Lipinski definition) is 17. The molecule has 20 atom stereocenters. The first-order valence-corrected chi connectivity index (χ1v) is 25.3. The molecule has 19 nitrogen and oxygen atoms in total. The van der Waals surface area contributed by atoms with Crippen molar-refractivity contribution in [2.75, 3.05) is 33.4 Å². The highest BCUT2D eigenvalue weighted by molar-refractivity contribution is 5.87. The van der Waals surface area contributed by atoms with Crippen LogP contribution in [0.2, 0.25) is 0 Å². The molecule has 2 amide bonds. The number of carbonyl (C=O) groups excluding carboxylic acids is 3. The van der Waals surface area contributed by atoms with Crippen LogP contribution in [-0.2, 0) is 57.0 Å². The van der Waals surface area contributed by atoms with Gasteiger partial charge >= 0.3 is 0 Å². The molecule has 0 aliphatic carbocycles. The second kappa shape index (κ2) is 22.9. The lowest BCUT2D eigenvalue weighted by Crippen LogP contribution is -2.58. The van der Waals surface area contributed by atoms with Gasteiger partial charge in [0.1, 0.15) is 30.3 Å². The average Bonchev–Trinajstić information content (AvgIpc) is 3.90. The summed E-state index contributed by atoms with van der Waals surface area (Å²) in [7, 11) is 1.57. The third-order valence-corrected chi connectivity index (χ3v) is 15.7. The van der Waals surface area contributed by atoms with E-state index in [1.807, 2.05) is 0 Å². The van der Waals surface area contributed by atoms with Crippen LogP contribution in [0.1, 0.15) is 110 Å². The topological polar surface area (TPSA) is 271 Å². The number of fused-ring (bicyclic) bond motifs is 9. The van der Waals surface area contributed by atoms with Crippen LogP contribution in [0.4, 0.5) is 0 Å². The number of hydrogen-bond donors (Lipinski definition) is 7. The van der Waals surface area contributed by atoms with Gasteiger partial charge in [0.25, 0.3) is 0 Å². The summed E-state index contributed by atoms with van der Waals surface area (Å²) >= 11 is 0. The second-order valence-electron chi connectivity index (χ2n) is 20.8. The van der Waals surface area contributed by atoms with Crippen molar-refractivity contribution in [3.8, 4) is 0 Å². The Hall–Kier alpha value is -2.47. The van der Waals surface area contributed by atoms with Gasteiger partial charge in [-0.25, -0.2) is 0 Å². The van der Waals surface area contributed by atoms with Crippen LogP contribution in [0, 0.1) is 11.8 Å². The maximum Gasteiger partial charge on any atom is 0.242 e. The number of rotatable bonds is 14. The van der Waals surface area contributed by atoms with Gasteiger partial charge in [0.2, 0.25) is 11.8 Å². The van der Waals surface area contributed by atoms with E-state index >= 15 is 0 Å². The van der Waals surface area contributed by atoms with E-state index in [2.05, 4.69) is 30.7 Å². The first-order chi connectivity index (χ1) is 32.6. The Morgan fingerprint density at radius 2 is 1.65 bits per heavy atom. The molecule has 8 aliphatic rings. The second-order valence-corrected chi connectivity index (χ2v) is 20.8. The van der Waals surface area contributed by atoms with Gasteiger partial charge < -0.3 is 80.1 Å². The summed E-state index contributed by atoms with van der Waals surface area (Å²) in [4.78, 5) is 40.2. The van der Waals surface area contributed by atoms with E-state index in [1.165, 1.54) is 0 Å². The Morgan fingerprint density at radius 3 is 2.43 bits per heavy atom. The first kappa shape index (κ1) is 51.9. The molecule has 8 rings (SSSR count). The standard InChI is InChI=1S/C49H78N4O15/c1-25-15-30-5-7-36-26(2)16-32(62-36)9-11-49-23-35(56)46(68-49)41-22-42(67-49)47-37(65-41)8-6-31(64-47)17-28(54)18-33-39(21-38(63-30)27(25)3)66-40(45(33)60-4)19-29(55)24-52-48(59)34(20-43(51)57)53-44(58)10-13-61-14-12-50/h25,29-43,45-47,55-57H,2-3,5-24,50-51H2,1,4H3,(H,52,59)(H,53,58)/t25-,29+,30+,31-,32+,33+,34+,35-,36+,37+,38-,39+,40-,41-,42-,43?,45-,46+,47?,49-/m1/s1. The van der Waals surface area contributed by atoms with Gasteiger partial charge in [-0.15, -0.1) is 0 Å². The molecule has 19 heteroatoms. The Bertz CT molecular complexity index is 1770. The Morgan fingerprint density at radius 1 is 0.868 bits per heavy atom. The zero-order valence-corrected chi connectivity index (χ0v) is 39.9. The maximum absolute atomic E-state index is 14.3. The van der Waals surface area contributed by atoms with E-state index in [0.717, 1.165) is 36.8 Å². The number of amides is 2. The smallest absolute Gasteiger partial charge is 0.242 e. The van der Waals surface area contributed by atoms with E-state index < -0.39 is 78.5 Å². The fourth-order valence-corrected chi connectivity index (χ4v) is 12.3. The molecule has 68 heavy (non-hydrogen) atoms. The van der Waals surface area contributed by atoms with E-state index in [-0.39, 0.29) is 112 Å². The predicted molar refractivity (Wildman–Crippen MR) is 243 cm³/mol. The average molecular weight is 963 g/mol. The van der Waals surface area contributed by atoms with Crippen LogP contribution >= 0.6 is 0 Å². The summed E-state index contributed by atoms with van der Waals surface area (Å²) in [6.45, 7) is 11.6. The fraction of sp³-hybridized carbons (Fsp3) is 0.857. The number of aliphatic hydroxyl groups excluding tert-OH is 3. The van der Waals surface area contributed by atoms with Gasteiger partial charge in [0.15, 0.2) is 5.79 Å². The Balaban J connectivity index is 0.975. The van der Waals surface area contributed by atoms with Crippen molar-refractivity contribution in [3.63, 3.8) is 0 Å². The van der Waals surface area contributed by atoms with Crippen molar-refractivity contribution >= 4 is 17.6 Å². The van der Waals surface area contributed by atoms with Crippen LogP contribution in [-0.4, -0.2) is 176 Å². The highest BCUT2D eigenvalue weighted by atomic mass is 16.7. The summed E-state index contributed by atoms with van der Waals surface area (Å²) in [6.07, 6.45) is -0.808. The number of Topliss-reactive ketones (excluding diaryl/α,β-unsaturated/α-hetero) is 1. The Kier molecular flexibility index (Phi) is 17.5. The molecule has 0 radical (unpaired) electrons. The predicted octanol–water partition coefficient (Wildman–Crippen LogP) is 1.10. The molecule has 8 heterocycles. The molecule has 10 bridgehead atoms. The minimum absolute atomic E-state index is 0.00506. The van der Waals surface area contributed by atoms with Crippen molar-refractivity contribution in [2.24, 2.45) is 23.3 Å². The van der Waals surface area contributed by atoms with Crippen LogP contribution in [0.3, 0.4) is 0 Å². The van der Waals surface area contributed by atoms with Crippen molar-refractivity contribution in [2.45, 2.75) is 219 Å². The first-order valence-electron chi connectivity index (χ1n) is 25.3. The molecule has 384 valence electrons. The summed E-state index contributed by atoms with van der Waals surface area (Å²) in [5.41, 5.74) is 13.1. The molecule has 0 aromatic heterocycles. The van der Waals surface area contributed by atoms with Crippen LogP contribution in [0.15, 0.2) is 24.3 Å². The van der Waals surface area contributed by atoms with Gasteiger partial charge in [-0.2, -0.15) is 0 Å². The number of methoxy groups -OCH3 is 1. The lowest BCUT2D eigenvalue weighted by molar-refractivity contribution is -0.277. The summed E-state index contributed by atoms with van der Waals surface area (Å²) in [6, 6.07) is -1.16. The molecule has 0 saturated carbocycles. The Labute approximate surface area is 399 Å². The summed E-state index contributed by atoms with van der Waals surface area (Å²) in [5.74, 6) is -2.35. The van der Waals surface area contributed by atoms with E-state index in [0.29, 0.717) is 51.5 Å². The molecule has 9 N–H and O–H groups in total. The number of nitrogens with one attached hydrogen (secondary N) is 2. The number of carbonyl (C=O) groups is 3. The quantitative estimate of drug-likeness (QED) is 0.0730. The van der Waals surface area contributed by atoms with Crippen molar-refractivity contribution in [3.05, 3.63) is 24.3 Å². The van der Waals surface area contributed by atoms with Gasteiger partial charge in [-0.1, -0.05) is 20.1 Å². The summed E-state index contributed by atoms with van der Waals surface area (Å²) < 4.78 is 58.6. The van der Waals surface area contributed by atoms with Gasteiger partial charge in [0.05, 0.1) is 92.6 Å². The third-order valence-electron chi connectivity index (χ3n) is 15.7. The normalized spacial score (nSPS) is 42.1. The van der Waals surface area contributed by atoms with Gasteiger partial charge in [-0.3, -0.25) is 14.4 Å². The van der Waals surface area contributed by atoms with E-state index in [4.69, 9.17) is 54.1 Å². The molecular formula is C49H78N4O15. The van der Waals surface area contributed by atoms with Gasteiger partial charge in [0, 0.05) is 83.9 Å². The molecule has 0 aromatic carbocycles. The number of ketones is 1. The highest BCUT2D eigenvalue weighted by Crippen LogP contribution is 2.49. The SMILES string of the molecule is C=C1C[C@@H]2CC[C@]34C[C@@H](O)[C@H](O3)[C@H]3C[C@@H](O4)C4O[C@H](CC[C@@H]4O3)CC(=O)C[C@@H]3[C@@H](OC)[C@@H](C[C@H](O)CNC(=O)[C@H](CC(N)O)NC(=O)CCOCCN)O[C@H]3C[C@H]3O[C@@H](CC[C@@H]1O2)C[C@@H](C)C3=C. The molecule has 8 fully saturated rings. The highest BCUT2D eigenvalue weighted by Gasteiger charge is 2.59. The number of ether oxygens (including phenoxy) is 9. The monoisotopic (exact) mass is 963 g/mol. The summed E-state index contributed by atoms with van der Waals surface area (Å²) in [5, 5.41) is 37.8. The van der Waals surface area contributed by atoms with E-state index in [1.54, 1.807) is 7.11 Å². The zero-order chi connectivity index (χ0) is 48.3. The van der Waals surface area contributed by atoms with E-state index in [9.17, 15) is 29.7 Å². The fourth-order valence-electron chi connectivity index (χ4n) is 12.3. The number of aliphatic hydroxyl groups is 3. The third kappa shape index (κ3) is 12.4. The minimum Gasteiger partial charge on any atom is -0.391 e. The zero-order valence-electron chi connectivity index (χ0n) is 39.9. The van der Waals surface area contributed by atoms with Crippen LogP contribution < -0.4 is 22.1 Å². The minimum atomic E-state index is -1.38. The van der Waals surface area contributed by atoms with Crippen molar-refractivity contribution in [1.29, 1.82) is 0 Å². The number of nitrogens with two attached hydrogens (primary N) is 2. The lowest BCUT2D eigenvalue weighted by atomic mass is 9.81. The van der Waals surface area contributed by atoms with Crippen LogP contribution in [0.25, 0.3) is 0 Å². The molecule has 1 spiro atoms. The molecular weight excluding hydrogens is 885 g/mol. The molecule has 0 aromatic rings. The van der Waals surface area contributed by atoms with Crippen molar-refractivity contribution in [1.82, 2.24) is 10.6 Å². The van der Waals surface area contributed by atoms with Gasteiger partial charge in [-0.05, 0) is 62.0 Å².